The van der Waals surface area contributed by atoms with Gasteiger partial charge in [-0.3, -0.25) is 4.79 Å². The third-order valence-corrected chi connectivity index (χ3v) is 6.65. The maximum Gasteiger partial charge on any atom is 0.266 e. The first kappa shape index (κ1) is 14.1. The summed E-state index contributed by atoms with van der Waals surface area (Å²) < 4.78 is 35.3. The van der Waals surface area contributed by atoms with Crippen molar-refractivity contribution in [2.24, 2.45) is 26.5 Å². The lowest BCUT2D eigenvalue weighted by atomic mass is 10.0. The molecular formula is C14H15N3O3S2. The number of rotatable bonds is 3. The second-order valence-corrected chi connectivity index (χ2v) is 8.18. The molecule has 3 aliphatic rings. The second-order valence-electron chi connectivity index (χ2n) is 6.00. The van der Waals surface area contributed by atoms with Gasteiger partial charge >= 0.3 is 0 Å². The Bertz CT molecular complexity index is 816. The van der Waals surface area contributed by atoms with Gasteiger partial charge in [-0.1, -0.05) is 18.9 Å². The summed E-state index contributed by atoms with van der Waals surface area (Å²) in [6.45, 7) is 0. The molecule has 0 unspecified atom stereocenters. The van der Waals surface area contributed by atoms with Crippen molar-refractivity contribution in [3.8, 4) is 0 Å². The van der Waals surface area contributed by atoms with Crippen molar-refractivity contribution in [1.29, 1.82) is 0 Å². The molecule has 2 atom stereocenters. The number of amides is 1. The SMILES string of the molecule is O=C(NS(=O)(=O)c1cccc2c1N=S=N2)C1[C@H]2CCCC[C@H]12. The maximum atomic E-state index is 12.5. The molecule has 0 saturated heterocycles. The summed E-state index contributed by atoms with van der Waals surface area (Å²) in [4.78, 5) is 12.3. The molecule has 1 aromatic rings. The Morgan fingerprint density at radius 2 is 1.91 bits per heavy atom. The fourth-order valence-electron chi connectivity index (χ4n) is 3.63. The number of carbonyl (C=O) groups excluding carboxylic acids is 1. The highest BCUT2D eigenvalue weighted by atomic mass is 32.2. The van der Waals surface area contributed by atoms with E-state index in [1.54, 1.807) is 12.1 Å². The molecule has 4 rings (SSSR count). The number of benzene rings is 1. The van der Waals surface area contributed by atoms with E-state index in [-0.39, 0.29) is 16.7 Å². The maximum absolute atomic E-state index is 12.5. The van der Waals surface area contributed by atoms with Crippen LogP contribution in [-0.4, -0.2) is 14.3 Å². The lowest BCUT2D eigenvalue weighted by Crippen LogP contribution is -2.32. The Balaban J connectivity index is 1.57. The summed E-state index contributed by atoms with van der Waals surface area (Å²) in [5.41, 5.74) is 0.849. The molecule has 0 bridgehead atoms. The second kappa shape index (κ2) is 4.99. The van der Waals surface area contributed by atoms with Crippen LogP contribution in [0.1, 0.15) is 25.7 Å². The zero-order valence-corrected chi connectivity index (χ0v) is 13.4. The van der Waals surface area contributed by atoms with Gasteiger partial charge in [-0.2, -0.15) is 8.73 Å². The highest BCUT2D eigenvalue weighted by Gasteiger charge is 2.55. The van der Waals surface area contributed by atoms with Gasteiger partial charge in [0.05, 0.1) is 11.4 Å². The molecule has 1 amide bonds. The molecule has 116 valence electrons. The van der Waals surface area contributed by atoms with E-state index < -0.39 is 10.0 Å². The quantitative estimate of drug-likeness (QED) is 0.934. The summed E-state index contributed by atoms with van der Waals surface area (Å²) in [5.74, 6) is 0.253. The average Bonchev–Trinajstić information content (AvgIpc) is 3.03. The van der Waals surface area contributed by atoms with Crippen molar-refractivity contribution >= 4 is 38.7 Å². The third-order valence-electron chi connectivity index (χ3n) is 4.73. The Kier molecular flexibility index (Phi) is 3.19. The number of hydrogen-bond acceptors (Lipinski definition) is 5. The molecule has 6 nitrogen and oxygen atoms in total. The van der Waals surface area contributed by atoms with Gasteiger partial charge in [0, 0.05) is 5.92 Å². The Hall–Kier alpha value is -1.54. The smallest absolute Gasteiger partial charge is 0.266 e. The molecule has 0 radical (unpaired) electrons. The van der Waals surface area contributed by atoms with E-state index in [4.69, 9.17) is 0 Å². The van der Waals surface area contributed by atoms with E-state index in [2.05, 4.69) is 13.4 Å². The van der Waals surface area contributed by atoms with Crippen molar-refractivity contribution in [3.63, 3.8) is 0 Å². The van der Waals surface area contributed by atoms with E-state index in [0.717, 1.165) is 37.0 Å². The predicted molar refractivity (Wildman–Crippen MR) is 82.2 cm³/mol. The first-order chi connectivity index (χ1) is 10.6. The summed E-state index contributed by atoms with van der Waals surface area (Å²) in [6, 6.07) is 4.77. The van der Waals surface area contributed by atoms with E-state index >= 15 is 0 Å². The molecule has 2 fully saturated rings. The fourth-order valence-corrected chi connectivity index (χ4v) is 5.42. The van der Waals surface area contributed by atoms with Gasteiger partial charge in [-0.25, -0.2) is 13.1 Å². The Labute approximate surface area is 132 Å². The molecule has 2 aliphatic carbocycles. The summed E-state index contributed by atoms with van der Waals surface area (Å²) in [6.07, 6.45) is 4.35. The van der Waals surface area contributed by atoms with Gasteiger partial charge in [-0.05, 0) is 36.8 Å². The molecule has 22 heavy (non-hydrogen) atoms. The van der Waals surface area contributed by atoms with Crippen LogP contribution in [0.5, 0.6) is 0 Å². The van der Waals surface area contributed by atoms with Gasteiger partial charge in [0.15, 0.2) is 0 Å². The van der Waals surface area contributed by atoms with Gasteiger partial charge in [0.1, 0.15) is 16.3 Å². The van der Waals surface area contributed by atoms with Gasteiger partial charge in [0.25, 0.3) is 10.0 Å². The molecule has 1 N–H and O–H groups in total. The minimum absolute atomic E-state index is 0.0238. The highest BCUT2D eigenvalue weighted by molar-refractivity contribution is 7.90. The average molecular weight is 337 g/mol. The lowest BCUT2D eigenvalue weighted by molar-refractivity contribution is -0.121. The van der Waals surface area contributed by atoms with Crippen LogP contribution in [0.15, 0.2) is 31.8 Å². The van der Waals surface area contributed by atoms with Crippen LogP contribution in [-0.2, 0) is 26.2 Å². The van der Waals surface area contributed by atoms with Crippen molar-refractivity contribution < 1.29 is 13.2 Å². The zero-order chi connectivity index (χ0) is 15.3. The summed E-state index contributed by atoms with van der Waals surface area (Å²) in [7, 11) is -3.90. The van der Waals surface area contributed by atoms with Crippen LogP contribution >= 0.6 is 0 Å². The van der Waals surface area contributed by atoms with Gasteiger partial charge in [-0.15, -0.1) is 0 Å². The van der Waals surface area contributed by atoms with E-state index in [1.165, 1.54) is 6.07 Å². The third kappa shape index (κ3) is 2.21. The van der Waals surface area contributed by atoms with Crippen LogP contribution in [0.4, 0.5) is 11.4 Å². The van der Waals surface area contributed by atoms with Crippen LogP contribution in [0.25, 0.3) is 0 Å². The van der Waals surface area contributed by atoms with Crippen LogP contribution in [0.3, 0.4) is 0 Å². The Morgan fingerprint density at radius 1 is 1.18 bits per heavy atom. The van der Waals surface area contributed by atoms with Crippen molar-refractivity contribution in [1.82, 2.24) is 4.72 Å². The predicted octanol–water partition coefficient (Wildman–Crippen LogP) is 2.65. The van der Waals surface area contributed by atoms with E-state index in [9.17, 15) is 13.2 Å². The standard InChI is InChI=1S/C14H15N3O3S2/c18-14(12-8-4-1-2-5-9(8)12)17-22(19,20)11-7-3-6-10-13(11)16-21-15-10/h3,6-9,12H,1-2,4-5H2,(H,17,18)/t8-,9-/m0/s1. The topological polar surface area (TPSA) is 88.0 Å². The number of nitrogens with zero attached hydrogens (tertiary/aromatic N) is 2. The molecule has 8 heteroatoms. The zero-order valence-electron chi connectivity index (χ0n) is 11.7. The number of sulfonamides is 1. The van der Waals surface area contributed by atoms with Gasteiger partial charge in [0.2, 0.25) is 5.91 Å². The van der Waals surface area contributed by atoms with Crippen molar-refractivity contribution in [3.05, 3.63) is 18.2 Å². The molecule has 1 aromatic carbocycles. The highest BCUT2D eigenvalue weighted by Crippen LogP contribution is 2.55. The number of fused-ring (bicyclic) bond motifs is 2. The van der Waals surface area contributed by atoms with E-state index in [0.29, 0.717) is 23.2 Å². The number of hydrogen-bond donors (Lipinski definition) is 1. The molecule has 0 spiro atoms. The number of carbonyl (C=O) groups is 1. The van der Waals surface area contributed by atoms with Crippen LogP contribution < -0.4 is 4.72 Å². The largest absolute Gasteiger partial charge is 0.274 e. The minimum atomic E-state index is -3.90. The molecule has 1 aliphatic heterocycles. The Morgan fingerprint density at radius 3 is 2.64 bits per heavy atom. The number of nitrogens with one attached hydrogen (secondary N) is 1. The fraction of sp³-hybridized carbons (Fsp3) is 0.500. The lowest BCUT2D eigenvalue weighted by Gasteiger charge is -2.08. The van der Waals surface area contributed by atoms with Crippen molar-refractivity contribution in [2.75, 3.05) is 0 Å². The summed E-state index contributed by atoms with van der Waals surface area (Å²) >= 11 is 0.960. The minimum Gasteiger partial charge on any atom is -0.274 e. The first-order valence-electron chi connectivity index (χ1n) is 7.36. The van der Waals surface area contributed by atoms with Crippen LogP contribution in [0, 0.1) is 17.8 Å². The van der Waals surface area contributed by atoms with Gasteiger partial charge < -0.3 is 0 Å². The van der Waals surface area contributed by atoms with Crippen LogP contribution in [0.2, 0.25) is 0 Å². The van der Waals surface area contributed by atoms with Crippen molar-refractivity contribution in [2.45, 2.75) is 30.6 Å². The molecule has 2 saturated carbocycles. The van der Waals surface area contributed by atoms with E-state index in [1.807, 2.05) is 0 Å². The molecule has 0 aromatic heterocycles. The summed E-state index contributed by atoms with van der Waals surface area (Å²) in [5, 5.41) is 0. The monoisotopic (exact) mass is 337 g/mol. The first-order valence-corrected chi connectivity index (χ1v) is 9.57. The normalized spacial score (nSPS) is 28.5. The molecular weight excluding hydrogens is 322 g/mol. The molecule has 1 heterocycles.